The summed E-state index contributed by atoms with van der Waals surface area (Å²) in [6.45, 7) is 0. The summed E-state index contributed by atoms with van der Waals surface area (Å²) in [6.07, 6.45) is 10.3. The van der Waals surface area contributed by atoms with E-state index in [0.29, 0.717) is 17.1 Å². The van der Waals surface area contributed by atoms with Crippen LogP contribution in [-0.2, 0) is 0 Å². The largest absolute Gasteiger partial charge is 0.399 e. The van der Waals surface area contributed by atoms with Crippen LogP contribution in [0.3, 0.4) is 0 Å². The maximum atomic E-state index is 6.43. The van der Waals surface area contributed by atoms with E-state index in [4.69, 9.17) is 27.9 Å². The van der Waals surface area contributed by atoms with Crippen LogP contribution < -0.4 is 22.9 Å². The maximum Gasteiger partial charge on any atom is 0.0716 e. The number of aromatic nitrogens is 1. The SMILES string of the molecule is NC1=C/C(c2cc(-c3cccc(N)c3)cc(-c3cc(-c4ccccc4)cc(-c4cc(-c5cccc(N)c5)cc(-c5cccc(N)c5)c4)n3)c2)=C\CC/C=C\1. The van der Waals surface area contributed by atoms with Gasteiger partial charge in [-0.15, -0.1) is 0 Å². The van der Waals surface area contributed by atoms with Gasteiger partial charge < -0.3 is 22.9 Å². The lowest BCUT2D eigenvalue weighted by atomic mass is 9.91. The van der Waals surface area contributed by atoms with Gasteiger partial charge in [0.2, 0.25) is 0 Å². The minimum atomic E-state index is 0.706. The molecule has 0 spiro atoms. The molecular formula is C49H41N5. The second-order valence-electron chi connectivity index (χ2n) is 13.8. The molecule has 8 rings (SSSR count). The van der Waals surface area contributed by atoms with E-state index < -0.39 is 0 Å². The Hall–Kier alpha value is -7.11. The van der Waals surface area contributed by atoms with Gasteiger partial charge in [0.25, 0.3) is 0 Å². The number of nitrogens with zero attached hydrogens (tertiary/aromatic N) is 1. The lowest BCUT2D eigenvalue weighted by Crippen LogP contribution is -1.97. The number of hydrogen-bond acceptors (Lipinski definition) is 5. The molecule has 0 fully saturated rings. The Kier molecular flexibility index (Phi) is 9.36. The number of allylic oxidation sites excluding steroid dienone is 5. The first-order valence-electron chi connectivity index (χ1n) is 18.2. The minimum Gasteiger partial charge on any atom is -0.399 e. The van der Waals surface area contributed by atoms with E-state index in [1.165, 1.54) is 0 Å². The Morgan fingerprint density at radius 2 is 0.815 bits per heavy atom. The minimum absolute atomic E-state index is 0.706. The molecule has 0 amide bonds. The summed E-state index contributed by atoms with van der Waals surface area (Å²) in [7, 11) is 0. The third-order valence-electron chi connectivity index (χ3n) is 9.71. The molecule has 1 aliphatic carbocycles. The zero-order valence-electron chi connectivity index (χ0n) is 29.9. The summed E-state index contributed by atoms with van der Waals surface area (Å²) in [4.78, 5) is 5.45. The van der Waals surface area contributed by atoms with Gasteiger partial charge in [0.05, 0.1) is 11.4 Å². The Morgan fingerprint density at radius 3 is 1.33 bits per heavy atom. The highest BCUT2D eigenvalue weighted by molar-refractivity contribution is 5.87. The Bertz CT molecular complexity index is 2530. The molecule has 262 valence electrons. The topological polar surface area (TPSA) is 117 Å². The van der Waals surface area contributed by atoms with Crippen molar-refractivity contribution in [3.05, 3.63) is 187 Å². The zero-order chi connectivity index (χ0) is 37.0. The van der Waals surface area contributed by atoms with Crippen LogP contribution in [0, 0.1) is 0 Å². The summed E-state index contributed by atoms with van der Waals surface area (Å²) in [5.74, 6) is 0. The third-order valence-corrected chi connectivity index (χ3v) is 9.71. The van der Waals surface area contributed by atoms with Gasteiger partial charge in [-0.05, 0) is 166 Å². The smallest absolute Gasteiger partial charge is 0.0716 e. The number of anilines is 3. The van der Waals surface area contributed by atoms with Crippen molar-refractivity contribution in [3.8, 4) is 67.0 Å². The van der Waals surface area contributed by atoms with E-state index >= 15 is 0 Å². The molecule has 0 saturated heterocycles. The zero-order valence-corrected chi connectivity index (χ0v) is 29.9. The summed E-state index contributed by atoms with van der Waals surface area (Å²) in [6, 6.07) is 52.0. The standard InChI is InChI=1S/C49H41N5/c50-44-16-6-2-5-12-33(26-44)37-20-38(34-13-7-17-45(51)27-34)23-42(22-37)48-30-41(32-10-3-1-4-11-32)31-49(54-48)43-24-39(35-14-8-18-46(52)28-35)21-40(25-43)36-15-9-19-47(53)29-36/h1,3-4,6-31H,2,5,50-53H2/b16-6-,33-12+,44-26+. The molecule has 5 heteroatoms. The molecule has 0 aliphatic heterocycles. The molecule has 0 unspecified atom stereocenters. The van der Waals surface area contributed by atoms with Crippen molar-refractivity contribution in [2.45, 2.75) is 12.8 Å². The number of benzene rings is 6. The highest BCUT2D eigenvalue weighted by atomic mass is 14.7. The first-order chi connectivity index (χ1) is 26.3. The van der Waals surface area contributed by atoms with Gasteiger partial charge in [-0.1, -0.05) is 78.9 Å². The highest BCUT2D eigenvalue weighted by Crippen LogP contribution is 2.38. The van der Waals surface area contributed by atoms with E-state index in [9.17, 15) is 0 Å². The lowest BCUT2D eigenvalue weighted by Gasteiger charge is -2.16. The number of nitrogens with two attached hydrogens (primary N) is 4. The molecule has 7 aromatic rings. The van der Waals surface area contributed by atoms with Crippen molar-refractivity contribution in [1.29, 1.82) is 0 Å². The van der Waals surface area contributed by atoms with Crippen LogP contribution in [0.5, 0.6) is 0 Å². The molecule has 0 saturated carbocycles. The molecule has 8 N–H and O–H groups in total. The Morgan fingerprint density at radius 1 is 0.370 bits per heavy atom. The van der Waals surface area contributed by atoms with Gasteiger partial charge in [-0.25, -0.2) is 4.98 Å². The van der Waals surface area contributed by atoms with Crippen molar-refractivity contribution < 1.29 is 0 Å². The van der Waals surface area contributed by atoms with Crippen LogP contribution in [0.15, 0.2) is 182 Å². The van der Waals surface area contributed by atoms with Crippen molar-refractivity contribution in [2.24, 2.45) is 5.73 Å². The van der Waals surface area contributed by atoms with E-state index in [1.807, 2.05) is 66.7 Å². The fourth-order valence-corrected chi connectivity index (χ4v) is 7.04. The predicted octanol–water partition coefficient (Wildman–Crippen LogP) is 11.4. The number of rotatable bonds is 7. The van der Waals surface area contributed by atoms with E-state index in [2.05, 4.69) is 109 Å². The predicted molar refractivity (Wildman–Crippen MR) is 229 cm³/mol. The van der Waals surface area contributed by atoms with Gasteiger partial charge in [0.1, 0.15) is 0 Å². The molecule has 0 radical (unpaired) electrons. The lowest BCUT2D eigenvalue weighted by molar-refractivity contribution is 1.05. The average molecular weight is 700 g/mol. The normalized spacial score (nSPS) is 15.3. The second-order valence-corrected chi connectivity index (χ2v) is 13.8. The average Bonchev–Trinajstić information content (AvgIpc) is 3.19. The Balaban J connectivity index is 1.37. The molecule has 0 bridgehead atoms. The van der Waals surface area contributed by atoms with E-state index in [0.717, 1.165) is 96.7 Å². The first kappa shape index (κ1) is 34.0. The molecule has 0 atom stereocenters. The number of pyridine rings is 1. The molecule has 1 aliphatic rings. The quantitative estimate of drug-likeness (QED) is 0.124. The molecule has 1 heterocycles. The highest BCUT2D eigenvalue weighted by Gasteiger charge is 2.15. The van der Waals surface area contributed by atoms with Gasteiger partial charge in [0, 0.05) is 33.9 Å². The van der Waals surface area contributed by atoms with Crippen LogP contribution in [0.1, 0.15) is 18.4 Å². The van der Waals surface area contributed by atoms with E-state index in [1.54, 1.807) is 0 Å². The van der Waals surface area contributed by atoms with Gasteiger partial charge in [-0.3, -0.25) is 0 Å². The third kappa shape index (κ3) is 7.57. The molecule has 1 aromatic heterocycles. The van der Waals surface area contributed by atoms with E-state index in [-0.39, 0.29) is 0 Å². The fourth-order valence-electron chi connectivity index (χ4n) is 7.04. The monoisotopic (exact) mass is 699 g/mol. The Labute approximate surface area is 316 Å². The van der Waals surface area contributed by atoms with Gasteiger partial charge in [0.15, 0.2) is 0 Å². The second kappa shape index (κ2) is 14.9. The molecule has 54 heavy (non-hydrogen) atoms. The maximum absolute atomic E-state index is 6.43. The van der Waals surface area contributed by atoms with Crippen molar-refractivity contribution >= 4 is 22.6 Å². The fraction of sp³-hybridized carbons (Fsp3) is 0.0408. The summed E-state index contributed by atoms with van der Waals surface area (Å²) < 4.78 is 0. The van der Waals surface area contributed by atoms with Crippen LogP contribution >= 0.6 is 0 Å². The molecule has 5 nitrogen and oxygen atoms in total. The molecule has 6 aromatic carbocycles. The van der Waals surface area contributed by atoms with Crippen LogP contribution in [0.25, 0.3) is 72.6 Å². The van der Waals surface area contributed by atoms with Crippen LogP contribution in [-0.4, -0.2) is 4.98 Å². The van der Waals surface area contributed by atoms with Gasteiger partial charge >= 0.3 is 0 Å². The van der Waals surface area contributed by atoms with Crippen molar-refractivity contribution in [2.75, 3.05) is 17.2 Å². The summed E-state index contributed by atoms with van der Waals surface area (Å²) >= 11 is 0. The van der Waals surface area contributed by atoms with Crippen molar-refractivity contribution in [1.82, 2.24) is 4.98 Å². The van der Waals surface area contributed by atoms with Gasteiger partial charge in [-0.2, -0.15) is 0 Å². The van der Waals surface area contributed by atoms with Crippen LogP contribution in [0.4, 0.5) is 17.1 Å². The number of nitrogen functional groups attached to an aromatic ring is 3. The van der Waals surface area contributed by atoms with Crippen LogP contribution in [0.2, 0.25) is 0 Å². The number of hydrogen-bond donors (Lipinski definition) is 4. The summed E-state index contributed by atoms with van der Waals surface area (Å²) in [5, 5.41) is 0. The molecular weight excluding hydrogens is 659 g/mol. The first-order valence-corrected chi connectivity index (χ1v) is 18.2. The van der Waals surface area contributed by atoms with Crippen molar-refractivity contribution in [3.63, 3.8) is 0 Å². The summed E-state index contributed by atoms with van der Waals surface area (Å²) in [5.41, 5.74) is 42.3.